The van der Waals surface area contributed by atoms with E-state index in [0.29, 0.717) is 42.8 Å². The molecule has 8 nitrogen and oxygen atoms in total. The van der Waals surface area contributed by atoms with Crippen LogP contribution >= 0.6 is 11.8 Å². The van der Waals surface area contributed by atoms with Crippen molar-refractivity contribution in [2.45, 2.75) is 17.0 Å². The van der Waals surface area contributed by atoms with Crippen LogP contribution in [-0.2, 0) is 14.8 Å². The van der Waals surface area contributed by atoms with Crippen molar-refractivity contribution in [1.29, 1.82) is 5.26 Å². The van der Waals surface area contributed by atoms with Gasteiger partial charge in [0.25, 0.3) is 5.22 Å². The minimum absolute atomic E-state index is 0.127. The van der Waals surface area contributed by atoms with Crippen molar-refractivity contribution in [3.63, 3.8) is 0 Å². The molecule has 0 unspecified atom stereocenters. The van der Waals surface area contributed by atoms with Crippen molar-refractivity contribution in [2.24, 2.45) is 5.92 Å². The molecule has 3 rings (SSSR count). The molecular weight excluding hydrogens is 376 g/mol. The van der Waals surface area contributed by atoms with Gasteiger partial charge in [-0.15, -0.1) is 10.2 Å². The number of thioether (sulfide) groups is 1. The Balaban J connectivity index is 1.79. The van der Waals surface area contributed by atoms with Crippen molar-refractivity contribution in [3.05, 3.63) is 24.3 Å². The molecule has 2 heterocycles. The number of aromatic nitrogens is 2. The predicted molar refractivity (Wildman–Crippen MR) is 94.8 cm³/mol. The maximum Gasteiger partial charge on any atom is 0.276 e. The molecule has 0 spiro atoms. The van der Waals surface area contributed by atoms with E-state index in [-0.39, 0.29) is 16.7 Å². The monoisotopic (exact) mass is 394 g/mol. The van der Waals surface area contributed by atoms with Gasteiger partial charge in [-0.25, -0.2) is 8.42 Å². The smallest absolute Gasteiger partial charge is 0.276 e. The minimum atomic E-state index is -3.59. The van der Waals surface area contributed by atoms with Crippen LogP contribution in [0.25, 0.3) is 11.5 Å². The molecule has 138 valence electrons. The van der Waals surface area contributed by atoms with Crippen molar-refractivity contribution in [3.8, 4) is 17.5 Å². The van der Waals surface area contributed by atoms with E-state index in [4.69, 9.17) is 14.4 Å². The van der Waals surface area contributed by atoms with Gasteiger partial charge in [-0.1, -0.05) is 17.8 Å². The fourth-order valence-corrected chi connectivity index (χ4v) is 4.50. The Morgan fingerprint density at radius 2 is 2.12 bits per heavy atom. The molecule has 1 aromatic carbocycles. The number of ether oxygens (including phenoxy) is 1. The number of morpholine rings is 1. The minimum Gasteiger partial charge on any atom is -0.411 e. The highest BCUT2D eigenvalue weighted by molar-refractivity contribution is 7.99. The lowest BCUT2D eigenvalue weighted by Gasteiger charge is -2.26. The molecule has 0 saturated carbocycles. The Bertz CT molecular complexity index is 901. The number of nitriles is 1. The number of sulfonamides is 1. The Morgan fingerprint density at radius 3 is 2.85 bits per heavy atom. The highest BCUT2D eigenvalue weighted by atomic mass is 32.2. The summed E-state index contributed by atoms with van der Waals surface area (Å²) in [6.45, 7) is 3.27. The lowest BCUT2D eigenvalue weighted by molar-refractivity contribution is 0.0730. The Kier molecular flexibility index (Phi) is 5.93. The molecule has 1 aliphatic heterocycles. The molecule has 1 aromatic heterocycles. The molecular formula is C16H18N4O4S2. The van der Waals surface area contributed by atoms with Gasteiger partial charge in [0.05, 0.1) is 30.1 Å². The summed E-state index contributed by atoms with van der Waals surface area (Å²) in [6, 6.07) is 8.59. The van der Waals surface area contributed by atoms with E-state index in [1.165, 1.54) is 22.1 Å². The van der Waals surface area contributed by atoms with Gasteiger partial charge in [0, 0.05) is 24.4 Å². The van der Waals surface area contributed by atoms with E-state index in [1.54, 1.807) is 18.2 Å². The molecule has 1 saturated heterocycles. The number of benzene rings is 1. The van der Waals surface area contributed by atoms with Crippen molar-refractivity contribution >= 4 is 21.8 Å². The van der Waals surface area contributed by atoms with Crippen LogP contribution in [0.2, 0.25) is 0 Å². The number of nitrogens with zero attached hydrogens (tertiary/aromatic N) is 4. The lowest BCUT2D eigenvalue weighted by atomic mass is 10.2. The first-order valence-electron chi connectivity index (χ1n) is 8.05. The zero-order valence-corrected chi connectivity index (χ0v) is 15.8. The fourth-order valence-electron chi connectivity index (χ4n) is 2.34. The normalized spacial score (nSPS) is 16.9. The summed E-state index contributed by atoms with van der Waals surface area (Å²) in [5.74, 6) is 0.664. The summed E-state index contributed by atoms with van der Waals surface area (Å²) in [5.41, 5.74) is 0.534. The topological polar surface area (TPSA) is 109 Å². The van der Waals surface area contributed by atoms with Crippen molar-refractivity contribution in [2.75, 3.05) is 32.1 Å². The van der Waals surface area contributed by atoms with E-state index >= 15 is 0 Å². The van der Waals surface area contributed by atoms with E-state index in [1.807, 2.05) is 6.92 Å². The number of hydrogen-bond donors (Lipinski definition) is 0. The summed E-state index contributed by atoms with van der Waals surface area (Å²) in [6.07, 6.45) is 0. The molecule has 0 bridgehead atoms. The third-order valence-electron chi connectivity index (χ3n) is 3.77. The Labute approximate surface area is 156 Å². The Morgan fingerprint density at radius 1 is 1.35 bits per heavy atom. The molecule has 0 aliphatic carbocycles. The lowest BCUT2D eigenvalue weighted by Crippen LogP contribution is -2.40. The first-order chi connectivity index (χ1) is 12.5. The standard InChI is InChI=1S/C16H18N4O4S2/c1-12(10-17)11-25-16-19-18-15(24-16)13-3-2-4-14(9-13)26(21,22)20-5-7-23-8-6-20/h2-4,9,12H,5-8,11H2,1H3/t12-/m0/s1. The molecule has 10 heteroatoms. The van der Waals surface area contributed by atoms with Crippen LogP contribution in [0.1, 0.15) is 6.92 Å². The molecule has 0 radical (unpaired) electrons. The average molecular weight is 394 g/mol. The third-order valence-corrected chi connectivity index (χ3v) is 6.75. The molecule has 1 aliphatic rings. The number of rotatable bonds is 6. The van der Waals surface area contributed by atoms with Gasteiger partial charge in [-0.05, 0) is 25.1 Å². The van der Waals surface area contributed by atoms with E-state index in [9.17, 15) is 8.42 Å². The van der Waals surface area contributed by atoms with Crippen LogP contribution in [0.3, 0.4) is 0 Å². The zero-order valence-electron chi connectivity index (χ0n) is 14.2. The van der Waals surface area contributed by atoms with Crippen LogP contribution in [0.4, 0.5) is 0 Å². The van der Waals surface area contributed by atoms with Crippen LogP contribution in [-0.4, -0.2) is 55.0 Å². The SMILES string of the molecule is C[C@@H](C#N)CSc1nnc(-c2cccc(S(=O)(=O)N3CCOCC3)c2)o1. The first-order valence-corrected chi connectivity index (χ1v) is 10.5. The summed E-state index contributed by atoms with van der Waals surface area (Å²) in [4.78, 5) is 0.183. The molecule has 0 amide bonds. The summed E-state index contributed by atoms with van der Waals surface area (Å²) < 4.78 is 37.7. The van der Waals surface area contributed by atoms with Crippen molar-refractivity contribution < 1.29 is 17.6 Å². The quantitative estimate of drug-likeness (QED) is 0.685. The van der Waals surface area contributed by atoms with Gasteiger partial charge in [0.1, 0.15) is 0 Å². The van der Waals surface area contributed by atoms with Crippen LogP contribution in [0, 0.1) is 17.2 Å². The van der Waals surface area contributed by atoms with Gasteiger partial charge in [0.15, 0.2) is 0 Å². The highest BCUT2D eigenvalue weighted by Crippen LogP contribution is 2.27. The van der Waals surface area contributed by atoms with Gasteiger partial charge >= 0.3 is 0 Å². The first kappa shape index (κ1) is 18.8. The van der Waals surface area contributed by atoms with E-state index in [0.717, 1.165) is 0 Å². The third kappa shape index (κ3) is 4.24. The predicted octanol–water partition coefficient (Wildman–Crippen LogP) is 2.01. The van der Waals surface area contributed by atoms with Crippen LogP contribution in [0.15, 0.2) is 38.8 Å². The van der Waals surface area contributed by atoms with Crippen LogP contribution < -0.4 is 0 Å². The second kappa shape index (κ2) is 8.18. The molecule has 1 fully saturated rings. The molecule has 2 aromatic rings. The molecule has 0 N–H and O–H groups in total. The van der Waals surface area contributed by atoms with Gasteiger partial charge in [-0.3, -0.25) is 0 Å². The van der Waals surface area contributed by atoms with E-state index < -0.39 is 10.0 Å². The van der Waals surface area contributed by atoms with Gasteiger partial charge < -0.3 is 9.15 Å². The largest absolute Gasteiger partial charge is 0.411 e. The summed E-state index contributed by atoms with van der Waals surface area (Å²) in [5, 5.41) is 17.1. The average Bonchev–Trinajstić information content (AvgIpc) is 3.16. The molecule has 26 heavy (non-hydrogen) atoms. The van der Waals surface area contributed by atoms with Gasteiger partial charge in [-0.2, -0.15) is 9.57 Å². The van der Waals surface area contributed by atoms with Crippen LogP contribution in [0.5, 0.6) is 0 Å². The second-order valence-corrected chi connectivity index (χ2v) is 8.67. The molecule has 1 atom stereocenters. The maximum atomic E-state index is 12.8. The maximum absolute atomic E-state index is 12.8. The summed E-state index contributed by atoms with van der Waals surface area (Å²) in [7, 11) is -3.59. The Hall–Kier alpha value is -1.93. The van der Waals surface area contributed by atoms with Gasteiger partial charge in [0.2, 0.25) is 15.9 Å². The second-order valence-electron chi connectivity index (χ2n) is 5.76. The van der Waals surface area contributed by atoms with Crippen molar-refractivity contribution in [1.82, 2.24) is 14.5 Å². The summed E-state index contributed by atoms with van der Waals surface area (Å²) >= 11 is 1.30. The zero-order chi connectivity index (χ0) is 18.6. The highest BCUT2D eigenvalue weighted by Gasteiger charge is 2.26. The fraction of sp³-hybridized carbons (Fsp3) is 0.438. The number of hydrogen-bond acceptors (Lipinski definition) is 8. The van der Waals surface area contributed by atoms with E-state index in [2.05, 4.69) is 16.3 Å².